The fourth-order valence-electron chi connectivity index (χ4n) is 3.74. The summed E-state index contributed by atoms with van der Waals surface area (Å²) < 4.78 is 13.1. The van der Waals surface area contributed by atoms with Gasteiger partial charge >= 0.3 is 0 Å². The second-order valence-corrected chi connectivity index (χ2v) is 7.51. The van der Waals surface area contributed by atoms with Gasteiger partial charge in [0, 0.05) is 30.3 Å². The molecule has 0 bridgehead atoms. The molecule has 152 valence electrons. The van der Waals surface area contributed by atoms with Crippen molar-refractivity contribution in [1.82, 2.24) is 4.90 Å². The van der Waals surface area contributed by atoms with Crippen molar-refractivity contribution in [1.29, 1.82) is 0 Å². The number of rotatable bonds is 4. The standard InChI is InChI=1S/C25H23FN2O2/c26-22-10-6-21(7-11-22)25(30)28-16-14-20(15-17-28)24(29)27-23-12-8-19(9-13-23)18-4-2-1-3-5-18/h1-13,20H,14-17H2,(H,27,29). The molecule has 1 fully saturated rings. The summed E-state index contributed by atoms with van der Waals surface area (Å²) >= 11 is 0. The molecule has 1 N–H and O–H groups in total. The van der Waals surface area contributed by atoms with E-state index in [1.54, 1.807) is 4.90 Å². The average Bonchev–Trinajstić information content (AvgIpc) is 2.80. The van der Waals surface area contributed by atoms with Gasteiger partial charge in [-0.25, -0.2) is 4.39 Å². The molecule has 0 radical (unpaired) electrons. The van der Waals surface area contributed by atoms with Crippen LogP contribution in [-0.2, 0) is 4.79 Å². The Hall–Kier alpha value is -3.47. The quantitative estimate of drug-likeness (QED) is 0.669. The van der Waals surface area contributed by atoms with Gasteiger partial charge in [0.2, 0.25) is 5.91 Å². The predicted octanol–water partition coefficient (Wildman–Crippen LogP) is 4.98. The fraction of sp³-hybridized carbons (Fsp3) is 0.200. The number of halogens is 1. The Balaban J connectivity index is 1.31. The van der Waals surface area contributed by atoms with Crippen LogP contribution in [0.15, 0.2) is 78.9 Å². The SMILES string of the molecule is O=C(Nc1ccc(-c2ccccc2)cc1)C1CCN(C(=O)c2ccc(F)cc2)CC1. The molecule has 0 saturated carbocycles. The van der Waals surface area contributed by atoms with Crippen LogP contribution in [0.1, 0.15) is 23.2 Å². The lowest BCUT2D eigenvalue weighted by Crippen LogP contribution is -2.41. The summed E-state index contributed by atoms with van der Waals surface area (Å²) in [5, 5.41) is 2.99. The first kappa shape index (κ1) is 19.8. The second kappa shape index (κ2) is 8.91. The fourth-order valence-corrected chi connectivity index (χ4v) is 3.74. The lowest BCUT2D eigenvalue weighted by molar-refractivity contribution is -0.121. The van der Waals surface area contributed by atoms with E-state index in [0.717, 1.165) is 16.8 Å². The van der Waals surface area contributed by atoms with Crippen molar-refractivity contribution in [2.24, 2.45) is 5.92 Å². The smallest absolute Gasteiger partial charge is 0.253 e. The summed E-state index contributed by atoms with van der Waals surface area (Å²) in [7, 11) is 0. The van der Waals surface area contributed by atoms with E-state index in [2.05, 4.69) is 17.4 Å². The molecular weight excluding hydrogens is 379 g/mol. The highest BCUT2D eigenvalue weighted by Gasteiger charge is 2.27. The van der Waals surface area contributed by atoms with Gasteiger partial charge < -0.3 is 10.2 Å². The van der Waals surface area contributed by atoms with Gasteiger partial charge in [0.05, 0.1) is 0 Å². The molecule has 0 aliphatic carbocycles. The van der Waals surface area contributed by atoms with Gasteiger partial charge in [-0.1, -0.05) is 42.5 Å². The first-order chi connectivity index (χ1) is 14.6. The number of benzene rings is 3. The van der Waals surface area contributed by atoms with Crippen LogP contribution in [-0.4, -0.2) is 29.8 Å². The van der Waals surface area contributed by atoms with Crippen molar-refractivity contribution in [2.75, 3.05) is 18.4 Å². The van der Waals surface area contributed by atoms with Gasteiger partial charge in [-0.2, -0.15) is 0 Å². The third-order valence-electron chi connectivity index (χ3n) is 5.50. The zero-order valence-electron chi connectivity index (χ0n) is 16.6. The number of nitrogens with one attached hydrogen (secondary N) is 1. The van der Waals surface area contributed by atoms with Crippen LogP contribution >= 0.6 is 0 Å². The molecule has 0 atom stereocenters. The lowest BCUT2D eigenvalue weighted by atomic mass is 9.95. The molecule has 0 aromatic heterocycles. The maximum Gasteiger partial charge on any atom is 0.253 e. The molecule has 3 aromatic rings. The summed E-state index contributed by atoms with van der Waals surface area (Å²) in [6.07, 6.45) is 1.22. The van der Waals surface area contributed by atoms with Crippen molar-refractivity contribution in [3.05, 3.63) is 90.2 Å². The molecule has 3 aromatic carbocycles. The molecule has 5 heteroatoms. The van der Waals surface area contributed by atoms with Crippen LogP contribution in [0, 0.1) is 11.7 Å². The van der Waals surface area contributed by atoms with Gasteiger partial charge in [-0.05, 0) is 60.4 Å². The Bertz CT molecular complexity index is 1010. The van der Waals surface area contributed by atoms with Crippen molar-refractivity contribution in [2.45, 2.75) is 12.8 Å². The average molecular weight is 402 g/mol. The Morgan fingerprint density at radius 2 is 1.40 bits per heavy atom. The molecule has 1 aliphatic heterocycles. The minimum absolute atomic E-state index is 0.0173. The normalized spacial score (nSPS) is 14.4. The highest BCUT2D eigenvalue weighted by Crippen LogP contribution is 2.24. The summed E-state index contributed by atoms with van der Waals surface area (Å²) in [4.78, 5) is 26.9. The van der Waals surface area contributed by atoms with Crippen LogP contribution in [0.4, 0.5) is 10.1 Å². The summed E-state index contributed by atoms with van der Waals surface area (Å²) in [6.45, 7) is 1.03. The molecular formula is C25H23FN2O2. The van der Waals surface area contributed by atoms with E-state index in [0.29, 0.717) is 31.5 Å². The number of hydrogen-bond acceptors (Lipinski definition) is 2. The van der Waals surface area contributed by atoms with E-state index in [9.17, 15) is 14.0 Å². The minimum atomic E-state index is -0.362. The third kappa shape index (κ3) is 4.57. The van der Waals surface area contributed by atoms with E-state index in [4.69, 9.17) is 0 Å². The summed E-state index contributed by atoms with van der Waals surface area (Å²) in [6, 6.07) is 23.5. The maximum atomic E-state index is 13.1. The number of piperidine rings is 1. The molecule has 4 nitrogen and oxygen atoms in total. The topological polar surface area (TPSA) is 49.4 Å². The molecule has 1 aliphatic rings. The zero-order chi connectivity index (χ0) is 20.9. The molecule has 1 heterocycles. The Labute approximate surface area is 175 Å². The number of hydrogen-bond donors (Lipinski definition) is 1. The van der Waals surface area contributed by atoms with E-state index in [1.807, 2.05) is 42.5 Å². The van der Waals surface area contributed by atoms with E-state index in [1.165, 1.54) is 24.3 Å². The number of anilines is 1. The van der Waals surface area contributed by atoms with Crippen LogP contribution in [0.3, 0.4) is 0 Å². The van der Waals surface area contributed by atoms with Gasteiger partial charge in [0.15, 0.2) is 0 Å². The first-order valence-electron chi connectivity index (χ1n) is 10.1. The van der Waals surface area contributed by atoms with Crippen LogP contribution in [0.25, 0.3) is 11.1 Å². The number of carbonyl (C=O) groups excluding carboxylic acids is 2. The summed E-state index contributed by atoms with van der Waals surface area (Å²) in [5.74, 6) is -0.628. The Morgan fingerprint density at radius 1 is 0.800 bits per heavy atom. The van der Waals surface area contributed by atoms with E-state index >= 15 is 0 Å². The molecule has 1 saturated heterocycles. The first-order valence-corrected chi connectivity index (χ1v) is 10.1. The van der Waals surface area contributed by atoms with Crippen LogP contribution in [0.2, 0.25) is 0 Å². The molecule has 4 rings (SSSR count). The molecule has 30 heavy (non-hydrogen) atoms. The third-order valence-corrected chi connectivity index (χ3v) is 5.50. The van der Waals surface area contributed by atoms with Crippen molar-refractivity contribution in [3.63, 3.8) is 0 Å². The van der Waals surface area contributed by atoms with E-state index in [-0.39, 0.29) is 23.5 Å². The largest absolute Gasteiger partial charge is 0.339 e. The van der Waals surface area contributed by atoms with Gasteiger partial charge in [-0.3, -0.25) is 9.59 Å². The number of nitrogens with zero attached hydrogens (tertiary/aromatic N) is 1. The number of amides is 2. The van der Waals surface area contributed by atoms with Gasteiger partial charge in [-0.15, -0.1) is 0 Å². The van der Waals surface area contributed by atoms with Crippen molar-refractivity contribution < 1.29 is 14.0 Å². The highest BCUT2D eigenvalue weighted by molar-refractivity contribution is 5.95. The number of carbonyl (C=O) groups is 2. The highest BCUT2D eigenvalue weighted by atomic mass is 19.1. The predicted molar refractivity (Wildman–Crippen MR) is 116 cm³/mol. The maximum absolute atomic E-state index is 13.1. The van der Waals surface area contributed by atoms with Crippen LogP contribution < -0.4 is 5.32 Å². The Kier molecular flexibility index (Phi) is 5.89. The molecule has 0 spiro atoms. The second-order valence-electron chi connectivity index (χ2n) is 7.51. The van der Waals surface area contributed by atoms with E-state index < -0.39 is 0 Å². The van der Waals surface area contributed by atoms with Gasteiger partial charge in [0.25, 0.3) is 5.91 Å². The minimum Gasteiger partial charge on any atom is -0.339 e. The van der Waals surface area contributed by atoms with Crippen LogP contribution in [0.5, 0.6) is 0 Å². The Morgan fingerprint density at radius 3 is 2.03 bits per heavy atom. The monoisotopic (exact) mass is 402 g/mol. The van der Waals surface area contributed by atoms with Crippen molar-refractivity contribution >= 4 is 17.5 Å². The van der Waals surface area contributed by atoms with Crippen molar-refractivity contribution in [3.8, 4) is 11.1 Å². The van der Waals surface area contributed by atoms with Gasteiger partial charge in [0.1, 0.15) is 5.82 Å². The summed E-state index contributed by atoms with van der Waals surface area (Å²) in [5.41, 5.74) is 3.47. The molecule has 2 amide bonds. The lowest BCUT2D eigenvalue weighted by Gasteiger charge is -2.31. The zero-order valence-corrected chi connectivity index (χ0v) is 16.6. The number of likely N-dealkylation sites (tertiary alicyclic amines) is 1. The molecule has 0 unspecified atom stereocenters.